The van der Waals surface area contributed by atoms with Crippen molar-refractivity contribution in [1.29, 1.82) is 0 Å². The summed E-state index contributed by atoms with van der Waals surface area (Å²) in [5.41, 5.74) is 6.19. The summed E-state index contributed by atoms with van der Waals surface area (Å²) in [7, 11) is 1.49. The maximum Gasteiger partial charge on any atom is 0.168 e. The van der Waals surface area contributed by atoms with Crippen molar-refractivity contribution in [3.8, 4) is 0 Å². The van der Waals surface area contributed by atoms with Crippen LogP contribution < -0.4 is 5.73 Å². The summed E-state index contributed by atoms with van der Waals surface area (Å²) < 4.78 is 5.41. The summed E-state index contributed by atoms with van der Waals surface area (Å²) in [6, 6.07) is 6.92. The summed E-state index contributed by atoms with van der Waals surface area (Å²) in [5, 5.41) is 10.5. The first kappa shape index (κ1) is 14.2. The molecule has 4 nitrogen and oxygen atoms in total. The molecule has 2 atom stereocenters. The van der Waals surface area contributed by atoms with Crippen LogP contribution in [-0.4, -0.2) is 24.6 Å². The van der Waals surface area contributed by atoms with Crippen LogP contribution in [0.4, 0.5) is 0 Å². The van der Waals surface area contributed by atoms with Crippen LogP contribution in [0.2, 0.25) is 0 Å². The van der Waals surface area contributed by atoms with Gasteiger partial charge in [-0.25, -0.2) is 0 Å². The summed E-state index contributed by atoms with van der Waals surface area (Å²) >= 11 is 0. The third-order valence-corrected chi connectivity index (χ3v) is 4.10. The minimum atomic E-state index is -1.26. The molecule has 0 bridgehead atoms. The molecule has 1 saturated carbocycles. The first-order chi connectivity index (χ1) is 9.11. The number of hydrogen-bond acceptors (Lipinski definition) is 4. The highest BCUT2D eigenvalue weighted by molar-refractivity contribution is 5.75. The van der Waals surface area contributed by atoms with E-state index in [9.17, 15) is 9.90 Å². The molecule has 1 aliphatic rings. The molecule has 1 aromatic rings. The number of ether oxygens (including phenoxy) is 1. The maximum absolute atomic E-state index is 10.9. The smallest absolute Gasteiger partial charge is 0.168 e. The zero-order valence-electron chi connectivity index (χ0n) is 11.2. The maximum atomic E-state index is 10.9. The lowest BCUT2D eigenvalue weighted by molar-refractivity contribution is -0.126. The first-order valence-electron chi connectivity index (χ1n) is 6.69. The number of aliphatic hydroxyl groups excluding tert-OH is 1. The Kier molecular flexibility index (Phi) is 4.34. The highest BCUT2D eigenvalue weighted by atomic mass is 16.5. The molecule has 0 amide bonds. The molecule has 3 N–H and O–H groups in total. The van der Waals surface area contributed by atoms with Gasteiger partial charge in [0.25, 0.3) is 0 Å². The second-order valence-electron chi connectivity index (χ2n) is 5.23. The van der Waals surface area contributed by atoms with Gasteiger partial charge in [-0.2, -0.15) is 0 Å². The Labute approximate surface area is 113 Å². The molecular formula is C15H21NO3. The molecule has 0 aliphatic heterocycles. The number of aldehydes is 1. The van der Waals surface area contributed by atoms with Crippen LogP contribution in [0.15, 0.2) is 24.3 Å². The van der Waals surface area contributed by atoms with Gasteiger partial charge in [-0.05, 0) is 24.8 Å². The zero-order valence-corrected chi connectivity index (χ0v) is 11.2. The number of nitrogens with two attached hydrogens (primary N) is 1. The lowest BCUT2D eigenvalue weighted by atomic mass is 9.87. The quantitative estimate of drug-likeness (QED) is 0.627. The van der Waals surface area contributed by atoms with Crippen molar-refractivity contribution in [1.82, 2.24) is 0 Å². The number of rotatable bonds is 5. The SMILES string of the molecule is CO[C@](N)(c1cccc(C=O)c1)[C@H](O)C1CCCC1. The fourth-order valence-electron chi connectivity index (χ4n) is 2.89. The van der Waals surface area contributed by atoms with Crippen molar-refractivity contribution < 1.29 is 14.6 Å². The Morgan fingerprint density at radius 3 is 2.74 bits per heavy atom. The monoisotopic (exact) mass is 263 g/mol. The largest absolute Gasteiger partial charge is 0.388 e. The topological polar surface area (TPSA) is 72.5 Å². The fourth-order valence-corrected chi connectivity index (χ4v) is 2.89. The first-order valence-corrected chi connectivity index (χ1v) is 6.69. The van der Waals surface area contributed by atoms with E-state index in [4.69, 9.17) is 10.5 Å². The van der Waals surface area contributed by atoms with Crippen LogP contribution in [0.5, 0.6) is 0 Å². The van der Waals surface area contributed by atoms with Crippen LogP contribution in [0.25, 0.3) is 0 Å². The van der Waals surface area contributed by atoms with E-state index in [1.807, 2.05) is 0 Å². The Morgan fingerprint density at radius 2 is 2.16 bits per heavy atom. The van der Waals surface area contributed by atoms with E-state index in [0.717, 1.165) is 32.0 Å². The Hall–Kier alpha value is -1.23. The predicted octanol–water partition coefficient (Wildman–Crippen LogP) is 1.81. The number of carbonyl (C=O) groups is 1. The normalized spacial score (nSPS) is 21.0. The average molecular weight is 263 g/mol. The van der Waals surface area contributed by atoms with E-state index in [1.165, 1.54) is 7.11 Å². The fraction of sp³-hybridized carbons (Fsp3) is 0.533. The van der Waals surface area contributed by atoms with Gasteiger partial charge in [-0.1, -0.05) is 31.0 Å². The van der Waals surface area contributed by atoms with Crippen molar-refractivity contribution in [2.24, 2.45) is 11.7 Å². The van der Waals surface area contributed by atoms with Gasteiger partial charge in [-0.3, -0.25) is 10.5 Å². The van der Waals surface area contributed by atoms with E-state index in [0.29, 0.717) is 11.1 Å². The number of methoxy groups -OCH3 is 1. The van der Waals surface area contributed by atoms with Gasteiger partial charge in [0.15, 0.2) is 5.72 Å². The van der Waals surface area contributed by atoms with Gasteiger partial charge < -0.3 is 9.84 Å². The van der Waals surface area contributed by atoms with Gasteiger partial charge >= 0.3 is 0 Å². The average Bonchev–Trinajstić information content (AvgIpc) is 2.99. The van der Waals surface area contributed by atoms with Gasteiger partial charge in [0.05, 0.1) is 0 Å². The lowest BCUT2D eigenvalue weighted by Crippen LogP contribution is -2.52. The van der Waals surface area contributed by atoms with Crippen LogP contribution in [-0.2, 0) is 10.5 Å². The lowest BCUT2D eigenvalue weighted by Gasteiger charge is -2.36. The van der Waals surface area contributed by atoms with Crippen molar-refractivity contribution in [2.45, 2.75) is 37.5 Å². The number of aliphatic hydroxyl groups is 1. The third kappa shape index (κ3) is 2.71. The van der Waals surface area contributed by atoms with E-state index in [2.05, 4.69) is 0 Å². The molecule has 0 saturated heterocycles. The highest BCUT2D eigenvalue weighted by Gasteiger charge is 2.41. The van der Waals surface area contributed by atoms with Crippen LogP contribution in [0.1, 0.15) is 41.6 Å². The molecule has 2 rings (SSSR count). The molecule has 0 spiro atoms. The van der Waals surface area contributed by atoms with E-state index in [1.54, 1.807) is 24.3 Å². The standard InChI is InChI=1S/C15H21NO3/c1-19-15(16,14(18)12-6-2-3-7-12)13-8-4-5-11(9-13)10-17/h4-5,8-10,12,14,18H,2-3,6-7,16H2,1H3/t14-,15-/m1/s1. The molecule has 0 radical (unpaired) electrons. The molecule has 0 unspecified atom stereocenters. The molecule has 19 heavy (non-hydrogen) atoms. The van der Waals surface area contributed by atoms with Crippen LogP contribution >= 0.6 is 0 Å². The second-order valence-corrected chi connectivity index (χ2v) is 5.23. The molecule has 104 valence electrons. The predicted molar refractivity (Wildman–Crippen MR) is 72.7 cm³/mol. The molecule has 0 heterocycles. The zero-order chi connectivity index (χ0) is 13.9. The van der Waals surface area contributed by atoms with E-state index < -0.39 is 11.8 Å². The minimum absolute atomic E-state index is 0.157. The summed E-state index contributed by atoms with van der Waals surface area (Å²) in [6.07, 6.45) is 4.18. The van der Waals surface area contributed by atoms with Crippen molar-refractivity contribution in [3.05, 3.63) is 35.4 Å². The molecule has 4 heteroatoms. The Morgan fingerprint density at radius 1 is 1.47 bits per heavy atom. The Bertz CT molecular complexity index is 443. The minimum Gasteiger partial charge on any atom is -0.388 e. The van der Waals surface area contributed by atoms with Gasteiger partial charge in [0, 0.05) is 18.2 Å². The van der Waals surface area contributed by atoms with E-state index in [-0.39, 0.29) is 5.92 Å². The Balaban J connectivity index is 2.31. The number of carbonyl (C=O) groups excluding carboxylic acids is 1. The van der Waals surface area contributed by atoms with Gasteiger partial charge in [0.2, 0.25) is 0 Å². The summed E-state index contributed by atoms with van der Waals surface area (Å²) in [5.74, 6) is 0.157. The molecule has 1 aromatic carbocycles. The van der Waals surface area contributed by atoms with Crippen LogP contribution in [0.3, 0.4) is 0 Å². The third-order valence-electron chi connectivity index (χ3n) is 4.10. The van der Waals surface area contributed by atoms with Crippen molar-refractivity contribution in [3.63, 3.8) is 0 Å². The van der Waals surface area contributed by atoms with Gasteiger partial charge in [0.1, 0.15) is 12.4 Å². The van der Waals surface area contributed by atoms with Crippen molar-refractivity contribution in [2.75, 3.05) is 7.11 Å². The summed E-state index contributed by atoms with van der Waals surface area (Å²) in [6.45, 7) is 0. The second kappa shape index (κ2) is 5.82. The number of hydrogen-bond donors (Lipinski definition) is 2. The summed E-state index contributed by atoms with van der Waals surface area (Å²) in [4.78, 5) is 10.9. The number of benzene rings is 1. The molecule has 0 aromatic heterocycles. The van der Waals surface area contributed by atoms with Crippen molar-refractivity contribution >= 4 is 6.29 Å². The van der Waals surface area contributed by atoms with E-state index >= 15 is 0 Å². The highest BCUT2D eigenvalue weighted by Crippen LogP contribution is 2.36. The van der Waals surface area contributed by atoms with Crippen LogP contribution in [0, 0.1) is 5.92 Å². The van der Waals surface area contributed by atoms with Gasteiger partial charge in [-0.15, -0.1) is 0 Å². The molecule has 1 aliphatic carbocycles. The molecular weight excluding hydrogens is 242 g/mol. The molecule has 1 fully saturated rings.